The first kappa shape index (κ1) is 17.8. The molecule has 0 bridgehead atoms. The van der Waals surface area contributed by atoms with Crippen LogP contribution in [0.4, 0.5) is 0 Å². The van der Waals surface area contributed by atoms with E-state index in [0.717, 1.165) is 35.0 Å². The van der Waals surface area contributed by atoms with E-state index in [1.807, 2.05) is 50.2 Å². The molecule has 2 aromatic carbocycles. The van der Waals surface area contributed by atoms with Crippen LogP contribution in [-0.2, 0) is 19.7 Å². The Labute approximate surface area is 143 Å². The lowest BCUT2D eigenvalue weighted by Gasteiger charge is -2.19. The lowest BCUT2D eigenvalue weighted by Crippen LogP contribution is -2.17. The lowest BCUT2D eigenvalue weighted by molar-refractivity contribution is 0.225. The van der Waals surface area contributed by atoms with Crippen LogP contribution in [0.3, 0.4) is 0 Å². The number of nitrogens with zero attached hydrogens (tertiary/aromatic N) is 1. The van der Waals surface area contributed by atoms with E-state index in [4.69, 9.17) is 16.3 Å². The fraction of sp³-hybridized carbons (Fsp3) is 0.368. The maximum atomic E-state index is 9.55. The first-order chi connectivity index (χ1) is 11.0. The second kappa shape index (κ2) is 8.34. The smallest absolute Gasteiger partial charge is 0.125 e. The predicted molar refractivity (Wildman–Crippen MR) is 94.8 cm³/mol. The van der Waals surface area contributed by atoms with Crippen LogP contribution in [0.1, 0.15) is 30.5 Å². The number of aliphatic hydroxyl groups is 1. The van der Waals surface area contributed by atoms with Crippen LogP contribution in [0.15, 0.2) is 42.5 Å². The molecular weight excluding hydrogens is 310 g/mol. The molecule has 0 saturated carbocycles. The quantitative estimate of drug-likeness (QED) is 0.822. The molecule has 0 aliphatic rings. The zero-order chi connectivity index (χ0) is 16.8. The van der Waals surface area contributed by atoms with Crippen LogP contribution in [0.5, 0.6) is 5.75 Å². The van der Waals surface area contributed by atoms with Gasteiger partial charge in [-0.25, -0.2) is 0 Å². The van der Waals surface area contributed by atoms with Crippen LogP contribution >= 0.6 is 11.6 Å². The summed E-state index contributed by atoms with van der Waals surface area (Å²) in [5.41, 5.74) is 3.16. The Morgan fingerprint density at radius 1 is 1.09 bits per heavy atom. The molecule has 0 atom stereocenters. The predicted octanol–water partition coefficient (Wildman–Crippen LogP) is 4.25. The van der Waals surface area contributed by atoms with Gasteiger partial charge in [-0.2, -0.15) is 0 Å². The number of ether oxygens (including phenoxy) is 1. The van der Waals surface area contributed by atoms with Gasteiger partial charge in [0, 0.05) is 23.7 Å². The Hall–Kier alpha value is -1.55. The molecule has 2 rings (SSSR count). The molecule has 23 heavy (non-hydrogen) atoms. The minimum atomic E-state index is -0.0199. The zero-order valence-corrected chi connectivity index (χ0v) is 14.7. The summed E-state index contributed by atoms with van der Waals surface area (Å²) in [6.07, 6.45) is 0.0941. The third-order valence-electron chi connectivity index (χ3n) is 3.45. The SMILES string of the molecule is CC(C)Oc1ccc(CN(C)Cc2cccc(Cl)c2)cc1CO. The summed E-state index contributed by atoms with van der Waals surface area (Å²) in [4.78, 5) is 2.21. The van der Waals surface area contributed by atoms with Crippen molar-refractivity contribution in [1.29, 1.82) is 0 Å². The van der Waals surface area contributed by atoms with Crippen molar-refractivity contribution in [2.75, 3.05) is 7.05 Å². The van der Waals surface area contributed by atoms with Crippen LogP contribution < -0.4 is 4.74 Å². The van der Waals surface area contributed by atoms with Gasteiger partial charge in [-0.05, 0) is 56.3 Å². The number of benzene rings is 2. The molecule has 0 aliphatic carbocycles. The Balaban J connectivity index is 2.04. The van der Waals surface area contributed by atoms with Crippen molar-refractivity contribution in [1.82, 2.24) is 4.90 Å². The molecule has 0 heterocycles. The first-order valence-corrected chi connectivity index (χ1v) is 8.18. The van der Waals surface area contributed by atoms with Crippen LogP contribution in [0.2, 0.25) is 5.02 Å². The van der Waals surface area contributed by atoms with E-state index in [9.17, 15) is 5.11 Å². The van der Waals surface area contributed by atoms with E-state index in [-0.39, 0.29) is 12.7 Å². The van der Waals surface area contributed by atoms with Crippen LogP contribution in [0.25, 0.3) is 0 Å². The summed E-state index contributed by atoms with van der Waals surface area (Å²) >= 11 is 6.03. The topological polar surface area (TPSA) is 32.7 Å². The number of hydrogen-bond donors (Lipinski definition) is 1. The Bertz CT molecular complexity index is 643. The largest absolute Gasteiger partial charge is 0.491 e. The van der Waals surface area contributed by atoms with Crippen molar-refractivity contribution in [3.8, 4) is 5.75 Å². The Morgan fingerprint density at radius 3 is 2.39 bits per heavy atom. The summed E-state index contributed by atoms with van der Waals surface area (Å²) in [5, 5.41) is 10.3. The first-order valence-electron chi connectivity index (χ1n) is 7.80. The van der Waals surface area contributed by atoms with Crippen molar-refractivity contribution in [2.45, 2.75) is 39.6 Å². The van der Waals surface area contributed by atoms with Gasteiger partial charge in [0.25, 0.3) is 0 Å². The molecule has 2 aromatic rings. The van der Waals surface area contributed by atoms with Crippen molar-refractivity contribution in [3.63, 3.8) is 0 Å². The molecule has 0 aliphatic heterocycles. The summed E-state index contributed by atoms with van der Waals surface area (Å²) in [7, 11) is 2.07. The summed E-state index contributed by atoms with van der Waals surface area (Å²) in [6, 6.07) is 13.9. The second-order valence-electron chi connectivity index (χ2n) is 6.07. The molecule has 0 amide bonds. The van der Waals surface area contributed by atoms with Gasteiger partial charge in [0.2, 0.25) is 0 Å². The van der Waals surface area contributed by atoms with Crippen LogP contribution in [0, 0.1) is 0 Å². The highest BCUT2D eigenvalue weighted by molar-refractivity contribution is 6.30. The van der Waals surface area contributed by atoms with Gasteiger partial charge < -0.3 is 9.84 Å². The van der Waals surface area contributed by atoms with Gasteiger partial charge in [-0.15, -0.1) is 0 Å². The van der Waals surface area contributed by atoms with E-state index in [1.54, 1.807) is 0 Å². The summed E-state index contributed by atoms with van der Waals surface area (Å²) < 4.78 is 5.72. The minimum absolute atomic E-state index is 0.0199. The van der Waals surface area contributed by atoms with Crippen molar-refractivity contribution in [2.24, 2.45) is 0 Å². The van der Waals surface area contributed by atoms with E-state index >= 15 is 0 Å². The summed E-state index contributed by atoms with van der Waals surface area (Å²) in [6.45, 7) is 5.55. The van der Waals surface area contributed by atoms with E-state index in [2.05, 4.69) is 18.0 Å². The second-order valence-corrected chi connectivity index (χ2v) is 6.51. The molecule has 4 heteroatoms. The Kier molecular flexibility index (Phi) is 6.46. The molecule has 0 spiro atoms. The maximum Gasteiger partial charge on any atom is 0.125 e. The molecule has 1 N–H and O–H groups in total. The Morgan fingerprint density at radius 2 is 1.78 bits per heavy atom. The molecule has 0 aromatic heterocycles. The monoisotopic (exact) mass is 333 g/mol. The van der Waals surface area contributed by atoms with Crippen molar-refractivity contribution >= 4 is 11.6 Å². The van der Waals surface area contributed by atoms with Gasteiger partial charge >= 0.3 is 0 Å². The van der Waals surface area contributed by atoms with Crippen LogP contribution in [-0.4, -0.2) is 23.2 Å². The minimum Gasteiger partial charge on any atom is -0.491 e. The van der Waals surface area contributed by atoms with Gasteiger partial charge in [0.15, 0.2) is 0 Å². The number of hydrogen-bond acceptors (Lipinski definition) is 3. The number of rotatable bonds is 7. The molecule has 3 nitrogen and oxygen atoms in total. The zero-order valence-electron chi connectivity index (χ0n) is 13.9. The van der Waals surface area contributed by atoms with Gasteiger partial charge in [-0.1, -0.05) is 29.8 Å². The van der Waals surface area contributed by atoms with E-state index < -0.39 is 0 Å². The fourth-order valence-electron chi connectivity index (χ4n) is 2.54. The highest BCUT2D eigenvalue weighted by atomic mass is 35.5. The molecule has 0 unspecified atom stereocenters. The standard InChI is InChI=1S/C19H24ClNO2/c1-14(2)23-19-8-7-16(9-17(19)13-22)12-21(3)11-15-5-4-6-18(20)10-15/h4-10,14,22H,11-13H2,1-3H3. The highest BCUT2D eigenvalue weighted by Crippen LogP contribution is 2.22. The van der Waals surface area contributed by atoms with E-state index in [0.29, 0.717) is 0 Å². The molecule has 0 fully saturated rings. The average Bonchev–Trinajstić information content (AvgIpc) is 2.48. The lowest BCUT2D eigenvalue weighted by atomic mass is 10.1. The van der Waals surface area contributed by atoms with Gasteiger partial charge in [0.1, 0.15) is 5.75 Å². The normalized spacial score (nSPS) is 11.3. The molecule has 0 radical (unpaired) electrons. The molecule has 124 valence electrons. The number of halogens is 1. The molecule has 0 saturated heterocycles. The van der Waals surface area contributed by atoms with Crippen molar-refractivity contribution in [3.05, 3.63) is 64.2 Å². The van der Waals surface area contributed by atoms with E-state index in [1.165, 1.54) is 5.56 Å². The summed E-state index contributed by atoms with van der Waals surface area (Å²) in [5.74, 6) is 0.753. The average molecular weight is 334 g/mol. The third kappa shape index (κ3) is 5.54. The van der Waals surface area contributed by atoms with Gasteiger partial charge in [0.05, 0.1) is 12.7 Å². The highest BCUT2D eigenvalue weighted by Gasteiger charge is 2.08. The maximum absolute atomic E-state index is 9.55. The molecular formula is C19H24ClNO2. The van der Waals surface area contributed by atoms with Gasteiger partial charge in [-0.3, -0.25) is 4.90 Å². The number of aliphatic hydroxyl groups excluding tert-OH is 1. The third-order valence-corrected chi connectivity index (χ3v) is 3.69. The van der Waals surface area contributed by atoms with Crippen molar-refractivity contribution < 1.29 is 9.84 Å². The fourth-order valence-corrected chi connectivity index (χ4v) is 2.75.